The molecule has 4 N–H and O–H groups in total. The first kappa shape index (κ1) is 17.6. The summed E-state index contributed by atoms with van der Waals surface area (Å²) < 4.78 is 24.7. The number of hydrogen-bond acceptors (Lipinski definition) is 4. The Morgan fingerprint density at radius 3 is 2.71 bits per heavy atom. The van der Waals surface area contributed by atoms with Crippen molar-refractivity contribution in [3.8, 4) is 11.5 Å². The van der Waals surface area contributed by atoms with Crippen LogP contribution in [0.1, 0.15) is 11.1 Å². The molecule has 0 radical (unpaired) electrons. The van der Waals surface area contributed by atoms with Gasteiger partial charge in [-0.1, -0.05) is 17.7 Å². The van der Waals surface area contributed by atoms with E-state index in [0.717, 1.165) is 0 Å². The number of guanidine groups is 1. The summed E-state index contributed by atoms with van der Waals surface area (Å²) in [6.45, 7) is -0.0453. The van der Waals surface area contributed by atoms with E-state index in [-0.39, 0.29) is 18.1 Å². The molecule has 0 spiro atoms. The summed E-state index contributed by atoms with van der Waals surface area (Å²) in [6.07, 6.45) is 1.45. The van der Waals surface area contributed by atoms with Gasteiger partial charge in [0.15, 0.2) is 11.5 Å². The predicted octanol–water partition coefficient (Wildman–Crippen LogP) is 2.67. The zero-order valence-electron chi connectivity index (χ0n) is 12.9. The third-order valence-corrected chi connectivity index (χ3v) is 3.36. The smallest absolute Gasteiger partial charge is 0.211 e. The molecule has 0 aliphatic carbocycles. The number of nitrogens with two attached hydrogens (primary N) is 2. The van der Waals surface area contributed by atoms with Crippen molar-refractivity contribution < 1.29 is 13.9 Å². The summed E-state index contributed by atoms with van der Waals surface area (Å²) >= 11 is 5.99. The lowest BCUT2D eigenvalue weighted by molar-refractivity contribution is 0.280. The highest BCUT2D eigenvalue weighted by Gasteiger charge is 2.10. The van der Waals surface area contributed by atoms with Crippen LogP contribution in [0.25, 0.3) is 0 Å². The van der Waals surface area contributed by atoms with Crippen molar-refractivity contribution in [1.29, 1.82) is 0 Å². The molecule has 0 saturated heterocycles. The third-order valence-electron chi connectivity index (χ3n) is 3.00. The molecule has 0 aromatic heterocycles. The van der Waals surface area contributed by atoms with Crippen molar-refractivity contribution in [3.63, 3.8) is 0 Å². The summed E-state index contributed by atoms with van der Waals surface area (Å²) in [6, 6.07) is 9.55. The van der Waals surface area contributed by atoms with Crippen molar-refractivity contribution in [1.82, 2.24) is 0 Å². The lowest BCUT2D eigenvalue weighted by Gasteiger charge is -2.12. The number of nitrogens with zero attached hydrogens (tertiary/aromatic N) is 2. The van der Waals surface area contributed by atoms with Crippen molar-refractivity contribution in [2.75, 3.05) is 7.11 Å². The Morgan fingerprint density at radius 2 is 2.04 bits per heavy atom. The molecule has 2 rings (SSSR count). The minimum absolute atomic E-state index is 0.0453. The molecule has 2 aromatic rings. The van der Waals surface area contributed by atoms with Crippen LogP contribution in [0.5, 0.6) is 11.5 Å². The molecule has 6 nitrogen and oxygen atoms in total. The predicted molar refractivity (Wildman–Crippen MR) is 92.1 cm³/mol. The van der Waals surface area contributed by atoms with E-state index in [0.29, 0.717) is 22.1 Å². The van der Waals surface area contributed by atoms with Gasteiger partial charge in [-0.15, -0.1) is 5.10 Å². The van der Waals surface area contributed by atoms with E-state index < -0.39 is 5.82 Å². The lowest BCUT2D eigenvalue weighted by Crippen LogP contribution is -2.21. The Hall–Kier alpha value is -2.80. The molecule has 0 aliphatic rings. The molecule has 0 bridgehead atoms. The molecule has 24 heavy (non-hydrogen) atoms. The van der Waals surface area contributed by atoms with Crippen LogP contribution in [0.3, 0.4) is 0 Å². The standard InChI is InChI=1S/C16H16ClFN4O2/c1-23-14-6-5-10(8-21-22-16(19)20)7-15(14)24-9-11-12(17)3-2-4-13(11)18/h2-8H,9H2,1H3,(H4,19,20,22). The normalized spacial score (nSPS) is 10.6. The van der Waals surface area contributed by atoms with E-state index in [1.54, 1.807) is 24.3 Å². The van der Waals surface area contributed by atoms with Crippen LogP contribution in [0.4, 0.5) is 4.39 Å². The molecule has 0 unspecified atom stereocenters. The van der Waals surface area contributed by atoms with Crippen LogP contribution in [0.15, 0.2) is 46.6 Å². The summed E-state index contributed by atoms with van der Waals surface area (Å²) in [4.78, 5) is 0. The maximum atomic E-state index is 13.8. The molecule has 2 aromatic carbocycles. The quantitative estimate of drug-likeness (QED) is 0.475. The number of ether oxygens (including phenoxy) is 2. The summed E-state index contributed by atoms with van der Waals surface area (Å²) in [5.41, 5.74) is 11.3. The molecule has 0 atom stereocenters. The maximum absolute atomic E-state index is 13.8. The Kier molecular flexibility index (Phi) is 5.97. The Balaban J connectivity index is 2.22. The molecule has 0 fully saturated rings. The number of benzene rings is 2. The van der Waals surface area contributed by atoms with Gasteiger partial charge in [0.2, 0.25) is 5.96 Å². The SMILES string of the molecule is COc1ccc(C=NN=C(N)N)cc1OCc1c(F)cccc1Cl. The molecular weight excluding hydrogens is 335 g/mol. The summed E-state index contributed by atoms with van der Waals surface area (Å²) in [7, 11) is 1.51. The van der Waals surface area contributed by atoms with E-state index in [1.165, 1.54) is 25.5 Å². The summed E-state index contributed by atoms with van der Waals surface area (Å²) in [5, 5.41) is 7.52. The molecule has 126 valence electrons. The van der Waals surface area contributed by atoms with Crippen molar-refractivity contribution in [3.05, 3.63) is 58.4 Å². The van der Waals surface area contributed by atoms with Gasteiger partial charge in [-0.25, -0.2) is 4.39 Å². The van der Waals surface area contributed by atoms with Crippen molar-refractivity contribution in [2.45, 2.75) is 6.61 Å². The van der Waals surface area contributed by atoms with E-state index >= 15 is 0 Å². The second-order valence-electron chi connectivity index (χ2n) is 4.67. The Bertz CT molecular complexity index is 756. The largest absolute Gasteiger partial charge is 0.493 e. The van der Waals surface area contributed by atoms with Crippen LogP contribution in [0, 0.1) is 5.82 Å². The van der Waals surface area contributed by atoms with E-state index in [1.807, 2.05) is 0 Å². The van der Waals surface area contributed by atoms with Crippen molar-refractivity contribution in [2.24, 2.45) is 21.7 Å². The van der Waals surface area contributed by atoms with Crippen LogP contribution in [-0.4, -0.2) is 19.3 Å². The first-order chi connectivity index (χ1) is 11.5. The average Bonchev–Trinajstić information content (AvgIpc) is 2.54. The topological polar surface area (TPSA) is 95.2 Å². The third kappa shape index (κ3) is 4.60. The fraction of sp³-hybridized carbons (Fsp3) is 0.125. The molecule has 0 saturated carbocycles. The van der Waals surface area contributed by atoms with Crippen molar-refractivity contribution >= 4 is 23.8 Å². The fourth-order valence-electron chi connectivity index (χ4n) is 1.87. The first-order valence-corrected chi connectivity index (χ1v) is 7.24. The highest BCUT2D eigenvalue weighted by Crippen LogP contribution is 2.29. The Labute approximate surface area is 143 Å². The van der Waals surface area contributed by atoms with Crippen LogP contribution < -0.4 is 20.9 Å². The number of methoxy groups -OCH3 is 1. The van der Waals surface area contributed by atoms with Gasteiger partial charge < -0.3 is 20.9 Å². The number of hydrogen-bond donors (Lipinski definition) is 2. The van der Waals surface area contributed by atoms with Gasteiger partial charge in [-0.05, 0) is 35.9 Å². The molecule has 0 heterocycles. The van der Waals surface area contributed by atoms with Gasteiger partial charge in [0, 0.05) is 5.56 Å². The Morgan fingerprint density at radius 1 is 1.25 bits per heavy atom. The average molecular weight is 351 g/mol. The van der Waals surface area contributed by atoms with Crippen LogP contribution in [0.2, 0.25) is 5.02 Å². The maximum Gasteiger partial charge on any atom is 0.211 e. The van der Waals surface area contributed by atoms with Gasteiger partial charge in [0.05, 0.1) is 18.3 Å². The minimum atomic E-state index is -0.438. The van der Waals surface area contributed by atoms with E-state index in [2.05, 4.69) is 10.2 Å². The highest BCUT2D eigenvalue weighted by atomic mass is 35.5. The monoisotopic (exact) mass is 350 g/mol. The van der Waals surface area contributed by atoms with Crippen LogP contribution >= 0.6 is 11.6 Å². The van der Waals surface area contributed by atoms with Gasteiger partial charge in [0.25, 0.3) is 0 Å². The van der Waals surface area contributed by atoms with Gasteiger partial charge >= 0.3 is 0 Å². The van der Waals surface area contributed by atoms with E-state index in [9.17, 15) is 4.39 Å². The number of rotatable bonds is 6. The molecule has 0 aliphatic heterocycles. The second kappa shape index (κ2) is 8.16. The fourth-order valence-corrected chi connectivity index (χ4v) is 2.09. The summed E-state index contributed by atoms with van der Waals surface area (Å²) in [5.74, 6) is 0.310. The minimum Gasteiger partial charge on any atom is -0.493 e. The molecular formula is C16H16ClFN4O2. The number of halogens is 2. The molecule has 8 heteroatoms. The lowest BCUT2D eigenvalue weighted by atomic mass is 10.2. The highest BCUT2D eigenvalue weighted by molar-refractivity contribution is 6.31. The van der Waals surface area contributed by atoms with E-state index in [4.69, 9.17) is 32.5 Å². The van der Waals surface area contributed by atoms with Gasteiger partial charge in [-0.3, -0.25) is 0 Å². The zero-order valence-corrected chi connectivity index (χ0v) is 13.6. The zero-order chi connectivity index (χ0) is 17.5. The van der Waals surface area contributed by atoms with Gasteiger partial charge in [0.1, 0.15) is 12.4 Å². The second-order valence-corrected chi connectivity index (χ2v) is 5.08. The van der Waals surface area contributed by atoms with Crippen LogP contribution in [-0.2, 0) is 6.61 Å². The molecule has 0 amide bonds. The van der Waals surface area contributed by atoms with Gasteiger partial charge in [-0.2, -0.15) is 5.10 Å². The first-order valence-electron chi connectivity index (χ1n) is 6.87.